The van der Waals surface area contributed by atoms with Crippen molar-refractivity contribution >= 4 is 37.3 Å². The number of halogens is 1. The topological polar surface area (TPSA) is 72.2 Å². The molecule has 100 valence electrons. The van der Waals surface area contributed by atoms with Crippen LogP contribution in [0.5, 0.6) is 0 Å². The Labute approximate surface area is 120 Å². The van der Waals surface area contributed by atoms with Gasteiger partial charge < -0.3 is 5.73 Å². The van der Waals surface area contributed by atoms with E-state index in [1.54, 1.807) is 37.3 Å². The number of nitrogens with two attached hydrogens (primary N) is 1. The van der Waals surface area contributed by atoms with Crippen molar-refractivity contribution in [2.45, 2.75) is 11.8 Å². The van der Waals surface area contributed by atoms with E-state index in [1.165, 1.54) is 12.1 Å². The molecule has 0 saturated carbocycles. The second-order valence-electron chi connectivity index (χ2n) is 4.11. The highest BCUT2D eigenvalue weighted by Gasteiger charge is 2.16. The lowest BCUT2D eigenvalue weighted by molar-refractivity contribution is 0.601. The van der Waals surface area contributed by atoms with Crippen LogP contribution in [0, 0.1) is 6.92 Å². The van der Waals surface area contributed by atoms with Crippen LogP contribution in [-0.2, 0) is 10.0 Å². The lowest BCUT2D eigenvalue weighted by atomic mass is 10.2. The Kier molecular flexibility index (Phi) is 3.82. The molecular weight excluding hydrogens is 328 g/mol. The number of benzene rings is 2. The Hall–Kier alpha value is -1.53. The van der Waals surface area contributed by atoms with Gasteiger partial charge in [-0.1, -0.05) is 34.1 Å². The maximum Gasteiger partial charge on any atom is 0.261 e. The number of nitrogen functional groups attached to an aromatic ring is 1. The third kappa shape index (κ3) is 3.08. The fraction of sp³-hybridized carbons (Fsp3) is 0.0769. The molecule has 0 amide bonds. The molecule has 19 heavy (non-hydrogen) atoms. The van der Waals surface area contributed by atoms with Gasteiger partial charge in [0.05, 0.1) is 16.3 Å². The van der Waals surface area contributed by atoms with Crippen molar-refractivity contribution in [2.75, 3.05) is 10.5 Å². The van der Waals surface area contributed by atoms with E-state index in [0.717, 1.165) is 10.0 Å². The first kappa shape index (κ1) is 13.9. The zero-order chi connectivity index (χ0) is 14.0. The summed E-state index contributed by atoms with van der Waals surface area (Å²) in [6.07, 6.45) is 0. The minimum Gasteiger partial charge on any atom is -0.397 e. The normalized spacial score (nSPS) is 11.3. The molecule has 0 atom stereocenters. The lowest BCUT2D eigenvalue weighted by Gasteiger charge is -2.13. The molecule has 3 N–H and O–H groups in total. The van der Waals surface area contributed by atoms with Gasteiger partial charge in [-0.15, -0.1) is 0 Å². The summed E-state index contributed by atoms with van der Waals surface area (Å²) in [6.45, 7) is 1.80. The van der Waals surface area contributed by atoms with Crippen LogP contribution in [0.4, 0.5) is 11.4 Å². The van der Waals surface area contributed by atoms with Crippen LogP contribution in [0.15, 0.2) is 51.8 Å². The number of nitrogens with one attached hydrogen (secondary N) is 1. The van der Waals surface area contributed by atoms with E-state index >= 15 is 0 Å². The van der Waals surface area contributed by atoms with E-state index < -0.39 is 10.0 Å². The van der Waals surface area contributed by atoms with Crippen LogP contribution in [0.1, 0.15) is 5.56 Å². The SMILES string of the molecule is Cc1cc(Br)cc(N)c1NS(=O)(=O)c1ccccc1. The summed E-state index contributed by atoms with van der Waals surface area (Å²) < 4.78 is 27.8. The van der Waals surface area contributed by atoms with Crippen molar-refractivity contribution in [1.29, 1.82) is 0 Å². The smallest absolute Gasteiger partial charge is 0.261 e. The molecule has 2 aromatic carbocycles. The van der Waals surface area contributed by atoms with Crippen LogP contribution in [0.25, 0.3) is 0 Å². The molecule has 0 aromatic heterocycles. The van der Waals surface area contributed by atoms with E-state index in [2.05, 4.69) is 20.7 Å². The van der Waals surface area contributed by atoms with E-state index in [4.69, 9.17) is 5.73 Å². The van der Waals surface area contributed by atoms with Crippen LogP contribution in [-0.4, -0.2) is 8.42 Å². The van der Waals surface area contributed by atoms with Gasteiger partial charge >= 0.3 is 0 Å². The summed E-state index contributed by atoms with van der Waals surface area (Å²) in [5, 5.41) is 0. The molecule has 2 rings (SSSR count). The Bertz CT molecular complexity index is 677. The lowest BCUT2D eigenvalue weighted by Crippen LogP contribution is -2.15. The van der Waals surface area contributed by atoms with Crippen molar-refractivity contribution < 1.29 is 8.42 Å². The highest BCUT2D eigenvalue weighted by molar-refractivity contribution is 9.10. The Morgan fingerprint density at radius 3 is 2.37 bits per heavy atom. The van der Waals surface area contributed by atoms with E-state index in [-0.39, 0.29) is 4.90 Å². The molecule has 0 fully saturated rings. The standard InChI is InChI=1S/C13H13BrN2O2S/c1-9-7-10(14)8-12(15)13(9)16-19(17,18)11-5-3-2-4-6-11/h2-8,16H,15H2,1H3. The number of hydrogen-bond acceptors (Lipinski definition) is 3. The number of aryl methyl sites for hydroxylation is 1. The van der Waals surface area contributed by atoms with Gasteiger partial charge in [-0.3, -0.25) is 4.72 Å². The van der Waals surface area contributed by atoms with Gasteiger partial charge in [0.15, 0.2) is 0 Å². The van der Waals surface area contributed by atoms with Gasteiger partial charge in [-0.05, 0) is 36.8 Å². The number of sulfonamides is 1. The Balaban J connectivity index is 2.42. The molecule has 0 unspecified atom stereocenters. The first-order valence-corrected chi connectivity index (χ1v) is 7.81. The van der Waals surface area contributed by atoms with E-state index in [0.29, 0.717) is 11.4 Å². The summed E-state index contributed by atoms with van der Waals surface area (Å²) in [6, 6.07) is 11.6. The molecule has 2 aromatic rings. The Morgan fingerprint density at radius 1 is 1.16 bits per heavy atom. The second-order valence-corrected chi connectivity index (χ2v) is 6.70. The summed E-state index contributed by atoms with van der Waals surface area (Å²) in [7, 11) is -3.62. The summed E-state index contributed by atoms with van der Waals surface area (Å²) in [4.78, 5) is 0.205. The molecular formula is C13H13BrN2O2S. The average molecular weight is 341 g/mol. The third-order valence-corrected chi connectivity index (χ3v) is 4.44. The van der Waals surface area contributed by atoms with Crippen molar-refractivity contribution in [3.63, 3.8) is 0 Å². The Morgan fingerprint density at radius 2 is 1.79 bits per heavy atom. The molecule has 0 bridgehead atoms. The largest absolute Gasteiger partial charge is 0.397 e. The first-order valence-electron chi connectivity index (χ1n) is 5.53. The third-order valence-electron chi connectivity index (χ3n) is 2.62. The van der Waals surface area contributed by atoms with E-state index in [9.17, 15) is 8.42 Å². The highest BCUT2D eigenvalue weighted by atomic mass is 79.9. The number of rotatable bonds is 3. The van der Waals surface area contributed by atoms with Crippen LogP contribution < -0.4 is 10.5 Å². The molecule has 0 saturated heterocycles. The zero-order valence-electron chi connectivity index (χ0n) is 10.2. The maximum absolute atomic E-state index is 12.2. The summed E-state index contributed by atoms with van der Waals surface area (Å²) in [5.41, 5.74) is 7.40. The van der Waals surface area contributed by atoms with Crippen LogP contribution >= 0.6 is 15.9 Å². The average Bonchev–Trinajstić information content (AvgIpc) is 2.35. The molecule has 0 radical (unpaired) electrons. The maximum atomic E-state index is 12.2. The highest BCUT2D eigenvalue weighted by Crippen LogP contribution is 2.29. The van der Waals surface area contributed by atoms with Gasteiger partial charge in [0, 0.05) is 4.47 Å². The fourth-order valence-corrected chi connectivity index (χ4v) is 3.47. The van der Waals surface area contributed by atoms with Crippen molar-refractivity contribution in [3.05, 3.63) is 52.5 Å². The summed E-state index contributed by atoms with van der Waals surface area (Å²) >= 11 is 3.31. The zero-order valence-corrected chi connectivity index (χ0v) is 12.6. The molecule has 0 heterocycles. The molecule has 0 spiro atoms. The quantitative estimate of drug-likeness (QED) is 0.843. The minimum atomic E-state index is -3.62. The van der Waals surface area contributed by atoms with Gasteiger partial charge in [0.25, 0.3) is 10.0 Å². The number of anilines is 2. The van der Waals surface area contributed by atoms with Crippen molar-refractivity contribution in [1.82, 2.24) is 0 Å². The molecule has 4 nitrogen and oxygen atoms in total. The van der Waals surface area contributed by atoms with Gasteiger partial charge in [-0.2, -0.15) is 0 Å². The predicted molar refractivity (Wildman–Crippen MR) is 80.5 cm³/mol. The fourth-order valence-electron chi connectivity index (χ4n) is 1.70. The molecule has 0 aliphatic heterocycles. The monoisotopic (exact) mass is 340 g/mol. The molecule has 0 aliphatic rings. The minimum absolute atomic E-state index is 0.205. The van der Waals surface area contributed by atoms with Crippen molar-refractivity contribution in [3.8, 4) is 0 Å². The van der Waals surface area contributed by atoms with Gasteiger partial charge in [0.2, 0.25) is 0 Å². The molecule has 6 heteroatoms. The van der Waals surface area contributed by atoms with Gasteiger partial charge in [0.1, 0.15) is 0 Å². The number of hydrogen-bond donors (Lipinski definition) is 2. The predicted octanol–water partition coefficient (Wildman–Crippen LogP) is 3.14. The van der Waals surface area contributed by atoms with E-state index in [1.807, 2.05) is 0 Å². The molecule has 0 aliphatic carbocycles. The first-order chi connectivity index (χ1) is 8.90. The summed E-state index contributed by atoms with van der Waals surface area (Å²) in [5.74, 6) is 0. The van der Waals surface area contributed by atoms with Crippen molar-refractivity contribution in [2.24, 2.45) is 0 Å². The van der Waals surface area contributed by atoms with Crippen LogP contribution in [0.2, 0.25) is 0 Å². The van der Waals surface area contributed by atoms with Gasteiger partial charge in [-0.25, -0.2) is 8.42 Å². The second kappa shape index (κ2) is 5.22. The van der Waals surface area contributed by atoms with Crippen LogP contribution in [0.3, 0.4) is 0 Å².